The van der Waals surface area contributed by atoms with Gasteiger partial charge in [0.2, 0.25) is 0 Å². The van der Waals surface area contributed by atoms with Crippen LogP contribution < -0.4 is 0 Å². The van der Waals surface area contributed by atoms with Crippen molar-refractivity contribution >= 4 is 10.9 Å². The van der Waals surface area contributed by atoms with Crippen LogP contribution in [0.15, 0.2) is 42.9 Å². The SMILES string of the molecule is Cn1cc(-c2cc(-c3cnn(C4(CC#N)CC(C#N)C4)n3)c3cccnc3c2)c(CO)n1. The van der Waals surface area contributed by atoms with Crippen molar-refractivity contribution in [2.24, 2.45) is 13.0 Å². The lowest BCUT2D eigenvalue weighted by atomic mass is 9.68. The Morgan fingerprint density at radius 2 is 2.06 bits per heavy atom. The Hall–Kier alpha value is -4.08. The Kier molecular flexibility index (Phi) is 4.69. The topological polar surface area (TPSA) is 129 Å². The van der Waals surface area contributed by atoms with Gasteiger partial charge in [0.25, 0.3) is 0 Å². The fourth-order valence-corrected chi connectivity index (χ4v) is 4.53. The van der Waals surface area contributed by atoms with E-state index in [2.05, 4.69) is 27.3 Å². The lowest BCUT2D eigenvalue weighted by Crippen LogP contribution is -2.47. The number of rotatable bonds is 5. The van der Waals surface area contributed by atoms with Crippen LogP contribution in [0.4, 0.5) is 0 Å². The average Bonchev–Trinajstić information content (AvgIpc) is 3.42. The number of nitriles is 2. The molecule has 5 rings (SSSR count). The van der Waals surface area contributed by atoms with Crippen molar-refractivity contribution < 1.29 is 5.11 Å². The second kappa shape index (κ2) is 7.56. The van der Waals surface area contributed by atoms with Gasteiger partial charge in [-0.25, -0.2) is 0 Å². The molecule has 32 heavy (non-hydrogen) atoms. The summed E-state index contributed by atoms with van der Waals surface area (Å²) in [7, 11) is 1.82. The molecule has 1 N–H and O–H groups in total. The lowest BCUT2D eigenvalue weighted by Gasteiger charge is -2.42. The van der Waals surface area contributed by atoms with E-state index in [4.69, 9.17) is 5.10 Å². The minimum Gasteiger partial charge on any atom is -0.390 e. The highest BCUT2D eigenvalue weighted by atomic mass is 16.3. The summed E-state index contributed by atoms with van der Waals surface area (Å²) in [6.07, 6.45) is 6.71. The predicted molar refractivity (Wildman–Crippen MR) is 115 cm³/mol. The van der Waals surface area contributed by atoms with Gasteiger partial charge in [0, 0.05) is 36.0 Å². The van der Waals surface area contributed by atoms with Crippen LogP contribution in [0.1, 0.15) is 25.0 Å². The van der Waals surface area contributed by atoms with Crippen molar-refractivity contribution in [3.63, 3.8) is 0 Å². The molecule has 9 nitrogen and oxygen atoms in total. The number of pyridine rings is 1. The molecule has 1 aliphatic rings. The highest BCUT2D eigenvalue weighted by molar-refractivity contribution is 5.97. The number of nitrogens with zero attached hydrogens (tertiary/aromatic N) is 8. The van der Waals surface area contributed by atoms with Crippen molar-refractivity contribution in [2.75, 3.05) is 0 Å². The van der Waals surface area contributed by atoms with Crippen LogP contribution in [0.2, 0.25) is 0 Å². The first-order valence-electron chi connectivity index (χ1n) is 10.3. The maximum absolute atomic E-state index is 9.75. The molecule has 3 aromatic heterocycles. The molecule has 0 spiro atoms. The monoisotopic (exact) mass is 424 g/mol. The van der Waals surface area contributed by atoms with E-state index >= 15 is 0 Å². The quantitative estimate of drug-likeness (QED) is 0.521. The van der Waals surface area contributed by atoms with Crippen LogP contribution >= 0.6 is 0 Å². The molecule has 1 aliphatic carbocycles. The van der Waals surface area contributed by atoms with Crippen molar-refractivity contribution in [1.29, 1.82) is 10.5 Å². The fraction of sp³-hybridized carbons (Fsp3) is 0.304. The van der Waals surface area contributed by atoms with Crippen LogP contribution in [-0.2, 0) is 19.2 Å². The molecule has 9 heteroatoms. The van der Waals surface area contributed by atoms with Crippen LogP contribution in [0, 0.1) is 28.6 Å². The zero-order valence-corrected chi connectivity index (χ0v) is 17.5. The van der Waals surface area contributed by atoms with Crippen molar-refractivity contribution in [3.8, 4) is 34.5 Å². The first-order valence-corrected chi connectivity index (χ1v) is 10.3. The van der Waals surface area contributed by atoms with Crippen LogP contribution in [0.25, 0.3) is 33.3 Å². The predicted octanol–water partition coefficient (Wildman–Crippen LogP) is 2.93. The number of aliphatic hydroxyl groups is 1. The molecule has 1 saturated carbocycles. The van der Waals surface area contributed by atoms with E-state index in [9.17, 15) is 15.6 Å². The van der Waals surface area contributed by atoms with E-state index in [0.29, 0.717) is 24.2 Å². The molecule has 4 aromatic rings. The number of aryl methyl sites for hydroxylation is 1. The van der Waals surface area contributed by atoms with E-state index in [0.717, 1.165) is 27.6 Å². The zero-order chi connectivity index (χ0) is 22.3. The smallest absolute Gasteiger partial charge is 0.113 e. The van der Waals surface area contributed by atoms with Crippen molar-refractivity contribution in [3.05, 3.63) is 48.5 Å². The molecule has 0 atom stereocenters. The summed E-state index contributed by atoms with van der Waals surface area (Å²) in [6, 6.07) is 12.3. The molecule has 0 radical (unpaired) electrons. The molecule has 3 heterocycles. The Bertz CT molecular complexity index is 1400. The summed E-state index contributed by atoms with van der Waals surface area (Å²) in [5.74, 6) is -0.0753. The average molecular weight is 424 g/mol. The van der Waals surface area contributed by atoms with Crippen molar-refractivity contribution in [2.45, 2.75) is 31.4 Å². The second-order valence-corrected chi connectivity index (χ2v) is 8.23. The van der Waals surface area contributed by atoms with Gasteiger partial charge in [-0.05, 0) is 36.6 Å². The molecule has 0 saturated heterocycles. The van der Waals surface area contributed by atoms with Gasteiger partial charge >= 0.3 is 0 Å². The largest absolute Gasteiger partial charge is 0.390 e. The van der Waals surface area contributed by atoms with E-state index in [-0.39, 0.29) is 18.9 Å². The third-order valence-corrected chi connectivity index (χ3v) is 6.12. The number of hydrogen-bond acceptors (Lipinski definition) is 7. The molecule has 1 fully saturated rings. The third kappa shape index (κ3) is 3.11. The highest BCUT2D eigenvalue weighted by Crippen LogP contribution is 2.45. The summed E-state index contributed by atoms with van der Waals surface area (Å²) in [6.45, 7) is -0.168. The second-order valence-electron chi connectivity index (χ2n) is 8.23. The van der Waals surface area contributed by atoms with E-state index in [1.807, 2.05) is 37.5 Å². The van der Waals surface area contributed by atoms with Gasteiger partial charge < -0.3 is 5.11 Å². The lowest BCUT2D eigenvalue weighted by molar-refractivity contribution is 0.0713. The fourth-order valence-electron chi connectivity index (χ4n) is 4.53. The first kappa shape index (κ1) is 19.9. The van der Waals surface area contributed by atoms with Crippen LogP contribution in [0.5, 0.6) is 0 Å². The van der Waals surface area contributed by atoms with E-state index in [1.165, 1.54) is 0 Å². The minimum atomic E-state index is -0.535. The Morgan fingerprint density at radius 1 is 1.22 bits per heavy atom. The minimum absolute atomic E-state index is 0.0753. The van der Waals surface area contributed by atoms with Crippen LogP contribution in [-0.4, -0.2) is 34.9 Å². The van der Waals surface area contributed by atoms with Gasteiger partial charge in [0.1, 0.15) is 5.69 Å². The maximum atomic E-state index is 9.75. The molecular weight excluding hydrogens is 404 g/mol. The molecule has 0 bridgehead atoms. The molecular formula is C23H20N8O. The van der Waals surface area contributed by atoms with Gasteiger partial charge in [-0.15, -0.1) is 0 Å². The van der Waals surface area contributed by atoms with E-state index < -0.39 is 5.54 Å². The summed E-state index contributed by atoms with van der Waals surface area (Å²) >= 11 is 0. The van der Waals surface area contributed by atoms with Gasteiger partial charge in [0.15, 0.2) is 0 Å². The molecule has 0 aliphatic heterocycles. The number of fused-ring (bicyclic) bond motifs is 1. The van der Waals surface area contributed by atoms with Gasteiger partial charge in [-0.1, -0.05) is 6.07 Å². The molecule has 1 aromatic carbocycles. The maximum Gasteiger partial charge on any atom is 0.113 e. The number of benzene rings is 1. The summed E-state index contributed by atoms with van der Waals surface area (Å²) in [5.41, 5.74) is 4.06. The zero-order valence-electron chi connectivity index (χ0n) is 17.5. The first-order chi connectivity index (χ1) is 15.6. The number of aromatic nitrogens is 6. The Balaban J connectivity index is 1.64. The molecule has 0 amide bonds. The van der Waals surface area contributed by atoms with Crippen LogP contribution in [0.3, 0.4) is 0 Å². The van der Waals surface area contributed by atoms with Gasteiger partial charge in [-0.3, -0.25) is 9.67 Å². The summed E-state index contributed by atoms with van der Waals surface area (Å²) in [5, 5.41) is 42.8. The van der Waals surface area contributed by atoms with E-state index in [1.54, 1.807) is 21.9 Å². The summed E-state index contributed by atoms with van der Waals surface area (Å²) in [4.78, 5) is 6.13. The van der Waals surface area contributed by atoms with Gasteiger partial charge in [-0.2, -0.15) is 30.6 Å². The molecule has 158 valence electrons. The Morgan fingerprint density at radius 3 is 2.81 bits per heavy atom. The number of aliphatic hydroxyl groups excluding tert-OH is 1. The molecule has 0 unspecified atom stereocenters. The summed E-state index contributed by atoms with van der Waals surface area (Å²) < 4.78 is 1.67. The van der Waals surface area contributed by atoms with Gasteiger partial charge in [0.05, 0.1) is 54.0 Å². The highest BCUT2D eigenvalue weighted by Gasteiger charge is 2.48. The third-order valence-electron chi connectivity index (χ3n) is 6.12. The Labute approximate surface area is 184 Å². The van der Waals surface area contributed by atoms with Crippen molar-refractivity contribution in [1.82, 2.24) is 29.8 Å². The normalized spacial score (nSPS) is 19.9. The standard InChI is InChI=1S/C23H20N8O/c1-30-13-19(22(14-32)28-30)16-7-18(17-3-2-6-26-20(17)8-16)21-12-27-31(29-21)23(4-5-24)9-15(10-23)11-25/h2-3,6-8,12-13,15,32H,4,9-10,14H2,1H3. The number of hydrogen-bond donors (Lipinski definition) is 1.